The molecule has 0 aromatic carbocycles. The Bertz CT molecular complexity index is 495. The molecule has 1 amide bonds. The Kier molecular flexibility index (Phi) is 3.83. The topological polar surface area (TPSA) is 79.3 Å². The number of nitrogens with one attached hydrogen (secondary N) is 1. The van der Waals surface area contributed by atoms with Gasteiger partial charge >= 0.3 is 5.97 Å². The molecule has 2 rings (SSSR count). The van der Waals surface area contributed by atoms with Crippen LogP contribution in [-0.2, 0) is 0 Å². The van der Waals surface area contributed by atoms with E-state index in [0.717, 1.165) is 25.7 Å². The number of nitrogens with zero attached hydrogens (tertiary/aromatic N) is 1. The quantitative estimate of drug-likeness (QED) is 0.822. The third kappa shape index (κ3) is 3.10. The lowest BCUT2D eigenvalue weighted by Crippen LogP contribution is -2.32. The van der Waals surface area contributed by atoms with Crippen LogP contribution in [0.5, 0.6) is 0 Å². The molecule has 19 heavy (non-hydrogen) atoms. The minimum atomic E-state index is -1.13. The van der Waals surface area contributed by atoms with Gasteiger partial charge in [0.1, 0.15) is 5.69 Å². The number of aromatic carboxylic acids is 1. The van der Waals surface area contributed by atoms with E-state index in [1.165, 1.54) is 18.3 Å². The molecule has 0 saturated heterocycles. The van der Waals surface area contributed by atoms with Gasteiger partial charge in [-0.15, -0.1) is 0 Å². The van der Waals surface area contributed by atoms with E-state index in [4.69, 9.17) is 5.11 Å². The third-order valence-electron chi connectivity index (χ3n) is 3.61. The number of hydrogen-bond donors (Lipinski definition) is 2. The van der Waals surface area contributed by atoms with Crippen molar-refractivity contribution < 1.29 is 14.7 Å². The van der Waals surface area contributed by atoms with Gasteiger partial charge in [0.25, 0.3) is 5.91 Å². The summed E-state index contributed by atoms with van der Waals surface area (Å²) in [6.07, 6.45) is 5.89. The Hall–Kier alpha value is -1.91. The number of pyridine rings is 1. The van der Waals surface area contributed by atoms with Crippen LogP contribution in [0.25, 0.3) is 0 Å². The standard InChI is InChI=1S/C14H18N2O3/c1-2-5-14(6-7-14)9-16-12(17)11-10(13(18)19)4-3-8-15-11/h3-4,8H,2,5-7,9H2,1H3,(H,16,17)(H,18,19). The summed E-state index contributed by atoms with van der Waals surface area (Å²) in [5, 5.41) is 11.8. The molecule has 0 spiro atoms. The van der Waals surface area contributed by atoms with Gasteiger partial charge in [0.15, 0.2) is 0 Å². The average Bonchev–Trinajstić information content (AvgIpc) is 3.17. The van der Waals surface area contributed by atoms with Gasteiger partial charge < -0.3 is 10.4 Å². The van der Waals surface area contributed by atoms with E-state index in [-0.39, 0.29) is 16.7 Å². The molecular weight excluding hydrogens is 244 g/mol. The van der Waals surface area contributed by atoms with Crippen molar-refractivity contribution in [3.63, 3.8) is 0 Å². The lowest BCUT2D eigenvalue weighted by atomic mass is 10.0. The van der Waals surface area contributed by atoms with Crippen LogP contribution in [0.1, 0.15) is 53.5 Å². The molecule has 0 atom stereocenters. The van der Waals surface area contributed by atoms with Crippen LogP contribution in [-0.4, -0.2) is 28.5 Å². The largest absolute Gasteiger partial charge is 0.478 e. The van der Waals surface area contributed by atoms with Crippen molar-refractivity contribution in [2.75, 3.05) is 6.54 Å². The van der Waals surface area contributed by atoms with Crippen molar-refractivity contribution in [3.05, 3.63) is 29.6 Å². The van der Waals surface area contributed by atoms with Gasteiger partial charge in [-0.2, -0.15) is 0 Å². The van der Waals surface area contributed by atoms with E-state index in [9.17, 15) is 9.59 Å². The predicted octanol–water partition coefficient (Wildman–Crippen LogP) is 2.09. The molecule has 102 valence electrons. The molecule has 1 aliphatic carbocycles. The lowest BCUT2D eigenvalue weighted by molar-refractivity contribution is 0.0689. The average molecular weight is 262 g/mol. The maximum atomic E-state index is 12.0. The zero-order chi connectivity index (χ0) is 13.9. The number of carboxylic acids is 1. The highest BCUT2D eigenvalue weighted by atomic mass is 16.4. The molecule has 5 nitrogen and oxygen atoms in total. The first-order valence-corrected chi connectivity index (χ1v) is 6.54. The van der Waals surface area contributed by atoms with E-state index in [2.05, 4.69) is 17.2 Å². The second-order valence-electron chi connectivity index (χ2n) is 5.14. The molecule has 1 heterocycles. The summed E-state index contributed by atoms with van der Waals surface area (Å²) >= 11 is 0. The van der Waals surface area contributed by atoms with Crippen molar-refractivity contribution in [2.24, 2.45) is 5.41 Å². The fraction of sp³-hybridized carbons (Fsp3) is 0.500. The first-order valence-electron chi connectivity index (χ1n) is 6.54. The number of aromatic nitrogens is 1. The van der Waals surface area contributed by atoms with E-state index < -0.39 is 11.9 Å². The predicted molar refractivity (Wildman–Crippen MR) is 70.1 cm³/mol. The van der Waals surface area contributed by atoms with Gasteiger partial charge in [-0.1, -0.05) is 13.3 Å². The Morgan fingerprint density at radius 3 is 2.79 bits per heavy atom. The van der Waals surface area contributed by atoms with Crippen LogP contribution in [0.3, 0.4) is 0 Å². The van der Waals surface area contributed by atoms with Crippen LogP contribution in [0.4, 0.5) is 0 Å². The van der Waals surface area contributed by atoms with Gasteiger partial charge in [0.05, 0.1) is 5.56 Å². The van der Waals surface area contributed by atoms with E-state index in [0.29, 0.717) is 6.54 Å². The van der Waals surface area contributed by atoms with Gasteiger partial charge in [0, 0.05) is 12.7 Å². The monoisotopic (exact) mass is 262 g/mol. The van der Waals surface area contributed by atoms with Crippen molar-refractivity contribution >= 4 is 11.9 Å². The fourth-order valence-corrected chi connectivity index (χ4v) is 2.33. The van der Waals surface area contributed by atoms with Gasteiger partial charge in [-0.3, -0.25) is 9.78 Å². The molecule has 1 aromatic rings. The number of hydrogen-bond acceptors (Lipinski definition) is 3. The Balaban J connectivity index is 2.03. The number of rotatable bonds is 6. The van der Waals surface area contributed by atoms with Crippen LogP contribution < -0.4 is 5.32 Å². The first kappa shape index (κ1) is 13.5. The van der Waals surface area contributed by atoms with Crippen molar-refractivity contribution in [2.45, 2.75) is 32.6 Å². The van der Waals surface area contributed by atoms with E-state index in [1.54, 1.807) is 0 Å². The Morgan fingerprint density at radius 1 is 1.47 bits per heavy atom. The zero-order valence-corrected chi connectivity index (χ0v) is 11.0. The number of carbonyl (C=O) groups is 2. The minimum Gasteiger partial charge on any atom is -0.478 e. The minimum absolute atomic E-state index is 0.0118. The third-order valence-corrected chi connectivity index (χ3v) is 3.61. The van der Waals surface area contributed by atoms with Crippen LogP contribution in [0, 0.1) is 5.41 Å². The summed E-state index contributed by atoms with van der Waals surface area (Å²) in [5.41, 5.74) is 0.172. The smallest absolute Gasteiger partial charge is 0.338 e. The molecule has 1 aromatic heterocycles. The molecule has 1 saturated carbocycles. The fourth-order valence-electron chi connectivity index (χ4n) is 2.33. The highest BCUT2D eigenvalue weighted by molar-refractivity contribution is 6.03. The molecular formula is C14H18N2O3. The van der Waals surface area contributed by atoms with Crippen molar-refractivity contribution in [1.29, 1.82) is 0 Å². The maximum Gasteiger partial charge on any atom is 0.338 e. The highest BCUT2D eigenvalue weighted by Gasteiger charge is 2.41. The molecule has 0 aliphatic heterocycles. The van der Waals surface area contributed by atoms with Crippen molar-refractivity contribution in [1.82, 2.24) is 10.3 Å². The van der Waals surface area contributed by atoms with E-state index >= 15 is 0 Å². The van der Waals surface area contributed by atoms with Gasteiger partial charge in [-0.05, 0) is 36.8 Å². The van der Waals surface area contributed by atoms with Crippen LogP contribution in [0.15, 0.2) is 18.3 Å². The number of carbonyl (C=O) groups excluding carboxylic acids is 1. The lowest BCUT2D eigenvalue weighted by Gasteiger charge is -2.15. The molecule has 5 heteroatoms. The van der Waals surface area contributed by atoms with Gasteiger partial charge in [0.2, 0.25) is 0 Å². The molecule has 0 unspecified atom stereocenters. The number of amides is 1. The molecule has 0 radical (unpaired) electrons. The summed E-state index contributed by atoms with van der Waals surface area (Å²) in [5.74, 6) is -1.53. The number of carboxylic acid groups (broad SMARTS) is 1. The Morgan fingerprint density at radius 2 is 2.21 bits per heavy atom. The molecule has 0 bridgehead atoms. The summed E-state index contributed by atoms with van der Waals surface area (Å²) < 4.78 is 0. The van der Waals surface area contributed by atoms with Gasteiger partial charge in [-0.25, -0.2) is 4.79 Å². The first-order chi connectivity index (χ1) is 9.08. The van der Waals surface area contributed by atoms with E-state index in [1.807, 2.05) is 0 Å². The van der Waals surface area contributed by atoms with Crippen LogP contribution in [0.2, 0.25) is 0 Å². The highest BCUT2D eigenvalue weighted by Crippen LogP contribution is 2.48. The maximum absolute atomic E-state index is 12.0. The van der Waals surface area contributed by atoms with Crippen LogP contribution >= 0.6 is 0 Å². The second-order valence-corrected chi connectivity index (χ2v) is 5.14. The molecule has 2 N–H and O–H groups in total. The Labute approximate surface area is 112 Å². The zero-order valence-electron chi connectivity index (χ0n) is 11.0. The summed E-state index contributed by atoms with van der Waals surface area (Å²) in [6.45, 7) is 2.73. The van der Waals surface area contributed by atoms with Crippen molar-refractivity contribution in [3.8, 4) is 0 Å². The molecule has 1 fully saturated rings. The summed E-state index contributed by atoms with van der Waals surface area (Å²) in [7, 11) is 0. The summed E-state index contributed by atoms with van der Waals surface area (Å²) in [6, 6.07) is 2.91. The second kappa shape index (κ2) is 5.38. The SMILES string of the molecule is CCCC1(CNC(=O)c2ncccc2C(=O)O)CC1. The normalized spacial score (nSPS) is 15.8. The summed E-state index contributed by atoms with van der Waals surface area (Å²) in [4.78, 5) is 26.9. The molecule has 1 aliphatic rings.